The number of ether oxygens (including phenoxy) is 3. The Kier molecular flexibility index (Phi) is 3.48. The number of benzene rings is 2. The Morgan fingerprint density at radius 1 is 1.10 bits per heavy atom. The molecule has 104 valence electrons. The summed E-state index contributed by atoms with van der Waals surface area (Å²) >= 11 is 0. The van der Waals surface area contributed by atoms with Gasteiger partial charge in [0.1, 0.15) is 12.4 Å². The summed E-state index contributed by atoms with van der Waals surface area (Å²) in [5.41, 5.74) is 8.93. The van der Waals surface area contributed by atoms with Crippen LogP contribution in [-0.4, -0.2) is 6.79 Å². The minimum absolute atomic E-state index is 0.287. The standard InChI is InChI=1S/C16H17NO3/c1-11-2-4-13(8-17)15(6-11)18-9-12-3-5-14-16(7-12)20-10-19-14/h2-7H,8-10,17H2,1H3. The van der Waals surface area contributed by atoms with Crippen molar-refractivity contribution in [1.82, 2.24) is 0 Å². The lowest BCUT2D eigenvalue weighted by atomic mass is 10.1. The first-order valence-corrected chi connectivity index (χ1v) is 6.57. The lowest BCUT2D eigenvalue weighted by molar-refractivity contribution is 0.174. The number of hydrogen-bond acceptors (Lipinski definition) is 4. The molecule has 0 amide bonds. The van der Waals surface area contributed by atoms with Crippen molar-refractivity contribution in [1.29, 1.82) is 0 Å². The van der Waals surface area contributed by atoms with Crippen molar-refractivity contribution in [3.05, 3.63) is 53.1 Å². The second kappa shape index (κ2) is 5.43. The second-order valence-corrected chi connectivity index (χ2v) is 4.79. The largest absolute Gasteiger partial charge is 0.489 e. The van der Waals surface area contributed by atoms with Crippen LogP contribution in [-0.2, 0) is 13.2 Å². The summed E-state index contributed by atoms with van der Waals surface area (Å²) in [6.07, 6.45) is 0. The molecule has 0 fully saturated rings. The third-order valence-corrected chi connectivity index (χ3v) is 3.27. The van der Waals surface area contributed by atoms with Crippen molar-refractivity contribution < 1.29 is 14.2 Å². The normalized spacial score (nSPS) is 12.5. The van der Waals surface area contributed by atoms with E-state index in [1.807, 2.05) is 43.3 Å². The van der Waals surface area contributed by atoms with Crippen molar-refractivity contribution in [3.8, 4) is 17.2 Å². The summed E-state index contributed by atoms with van der Waals surface area (Å²) in [4.78, 5) is 0. The van der Waals surface area contributed by atoms with Gasteiger partial charge in [0.05, 0.1) is 0 Å². The molecule has 1 aliphatic heterocycles. The van der Waals surface area contributed by atoms with Gasteiger partial charge in [-0.2, -0.15) is 0 Å². The quantitative estimate of drug-likeness (QED) is 0.929. The van der Waals surface area contributed by atoms with Crippen LogP contribution >= 0.6 is 0 Å². The molecule has 0 bridgehead atoms. The van der Waals surface area contributed by atoms with Crippen molar-refractivity contribution in [2.24, 2.45) is 5.73 Å². The molecule has 2 N–H and O–H groups in total. The van der Waals surface area contributed by atoms with Gasteiger partial charge >= 0.3 is 0 Å². The van der Waals surface area contributed by atoms with Crippen LogP contribution in [0.3, 0.4) is 0 Å². The highest BCUT2D eigenvalue weighted by Crippen LogP contribution is 2.33. The number of fused-ring (bicyclic) bond motifs is 1. The van der Waals surface area contributed by atoms with Gasteiger partial charge in [-0.05, 0) is 36.2 Å². The van der Waals surface area contributed by atoms with E-state index in [0.717, 1.165) is 33.9 Å². The molecule has 1 heterocycles. The van der Waals surface area contributed by atoms with Gasteiger partial charge in [-0.1, -0.05) is 18.2 Å². The number of aryl methyl sites for hydroxylation is 1. The highest BCUT2D eigenvalue weighted by Gasteiger charge is 2.13. The Morgan fingerprint density at radius 2 is 1.95 bits per heavy atom. The Bertz CT molecular complexity index is 625. The molecule has 0 aromatic heterocycles. The van der Waals surface area contributed by atoms with Gasteiger partial charge in [0.25, 0.3) is 0 Å². The van der Waals surface area contributed by atoms with Gasteiger partial charge in [0.2, 0.25) is 6.79 Å². The van der Waals surface area contributed by atoms with E-state index >= 15 is 0 Å². The first kappa shape index (κ1) is 12.8. The fourth-order valence-electron chi connectivity index (χ4n) is 2.16. The Hall–Kier alpha value is -2.20. The van der Waals surface area contributed by atoms with Gasteiger partial charge in [-0.3, -0.25) is 0 Å². The monoisotopic (exact) mass is 271 g/mol. The molecule has 0 saturated carbocycles. The topological polar surface area (TPSA) is 53.7 Å². The predicted octanol–water partition coefficient (Wildman–Crippen LogP) is 2.76. The molecule has 1 aliphatic rings. The molecule has 3 rings (SSSR count). The summed E-state index contributed by atoms with van der Waals surface area (Å²) < 4.78 is 16.5. The van der Waals surface area contributed by atoms with E-state index in [2.05, 4.69) is 0 Å². The average Bonchev–Trinajstić information content (AvgIpc) is 2.92. The van der Waals surface area contributed by atoms with Crippen LogP contribution in [0.2, 0.25) is 0 Å². The van der Waals surface area contributed by atoms with Crippen molar-refractivity contribution >= 4 is 0 Å². The summed E-state index contributed by atoms with van der Waals surface area (Å²) in [6.45, 7) is 3.27. The zero-order valence-electron chi connectivity index (χ0n) is 11.4. The van der Waals surface area contributed by atoms with Gasteiger partial charge in [-0.25, -0.2) is 0 Å². The van der Waals surface area contributed by atoms with Crippen LogP contribution in [0.15, 0.2) is 36.4 Å². The van der Waals surface area contributed by atoms with Crippen LogP contribution in [0.4, 0.5) is 0 Å². The molecular weight excluding hydrogens is 254 g/mol. The van der Waals surface area contributed by atoms with Crippen LogP contribution in [0.25, 0.3) is 0 Å². The maximum Gasteiger partial charge on any atom is 0.231 e. The molecule has 0 saturated heterocycles. The fraction of sp³-hybridized carbons (Fsp3) is 0.250. The maximum atomic E-state index is 5.88. The van der Waals surface area contributed by atoms with E-state index in [1.54, 1.807) is 0 Å². The number of rotatable bonds is 4. The van der Waals surface area contributed by atoms with Gasteiger partial charge in [0, 0.05) is 12.1 Å². The van der Waals surface area contributed by atoms with Crippen molar-refractivity contribution in [2.45, 2.75) is 20.1 Å². The highest BCUT2D eigenvalue weighted by molar-refractivity contribution is 5.44. The summed E-state index contributed by atoms with van der Waals surface area (Å²) in [6, 6.07) is 11.9. The highest BCUT2D eigenvalue weighted by atomic mass is 16.7. The van der Waals surface area contributed by atoms with Crippen LogP contribution in [0, 0.1) is 6.92 Å². The molecule has 2 aromatic rings. The fourth-order valence-corrected chi connectivity index (χ4v) is 2.16. The SMILES string of the molecule is Cc1ccc(CN)c(OCc2ccc3c(c2)OCO3)c1. The molecule has 0 spiro atoms. The summed E-state index contributed by atoms with van der Waals surface area (Å²) in [5.74, 6) is 2.39. The van der Waals surface area contributed by atoms with E-state index in [4.69, 9.17) is 19.9 Å². The summed E-state index contributed by atoms with van der Waals surface area (Å²) in [5, 5.41) is 0. The van der Waals surface area contributed by atoms with Crippen LogP contribution < -0.4 is 19.9 Å². The minimum Gasteiger partial charge on any atom is -0.489 e. The predicted molar refractivity (Wildman–Crippen MR) is 76.0 cm³/mol. The molecule has 0 atom stereocenters. The lowest BCUT2D eigenvalue weighted by Crippen LogP contribution is -2.03. The van der Waals surface area contributed by atoms with E-state index in [-0.39, 0.29) is 6.79 Å². The minimum atomic E-state index is 0.287. The third kappa shape index (κ3) is 2.56. The second-order valence-electron chi connectivity index (χ2n) is 4.79. The van der Waals surface area contributed by atoms with Crippen molar-refractivity contribution in [2.75, 3.05) is 6.79 Å². The molecule has 20 heavy (non-hydrogen) atoms. The molecule has 0 unspecified atom stereocenters. The first-order valence-electron chi connectivity index (χ1n) is 6.57. The van der Waals surface area contributed by atoms with E-state index < -0.39 is 0 Å². The Morgan fingerprint density at radius 3 is 2.80 bits per heavy atom. The molecule has 0 radical (unpaired) electrons. The smallest absolute Gasteiger partial charge is 0.231 e. The lowest BCUT2D eigenvalue weighted by Gasteiger charge is -2.11. The molecule has 2 aromatic carbocycles. The molecule has 0 aliphatic carbocycles. The van der Waals surface area contributed by atoms with Gasteiger partial charge < -0.3 is 19.9 Å². The number of nitrogens with two attached hydrogens (primary N) is 1. The van der Waals surface area contributed by atoms with E-state index in [0.29, 0.717) is 13.2 Å². The van der Waals surface area contributed by atoms with Crippen LogP contribution in [0.5, 0.6) is 17.2 Å². The third-order valence-electron chi connectivity index (χ3n) is 3.27. The molecule has 4 nitrogen and oxygen atoms in total. The maximum absolute atomic E-state index is 5.88. The van der Waals surface area contributed by atoms with Crippen molar-refractivity contribution in [3.63, 3.8) is 0 Å². The number of hydrogen-bond donors (Lipinski definition) is 1. The van der Waals surface area contributed by atoms with Gasteiger partial charge in [0.15, 0.2) is 11.5 Å². The Balaban J connectivity index is 1.75. The van der Waals surface area contributed by atoms with Gasteiger partial charge in [-0.15, -0.1) is 0 Å². The zero-order valence-corrected chi connectivity index (χ0v) is 11.4. The van der Waals surface area contributed by atoms with Crippen LogP contribution in [0.1, 0.15) is 16.7 Å². The van der Waals surface area contributed by atoms with E-state index in [1.165, 1.54) is 0 Å². The van der Waals surface area contributed by atoms with E-state index in [9.17, 15) is 0 Å². The Labute approximate surface area is 118 Å². The molecule has 4 heteroatoms. The first-order chi connectivity index (χ1) is 9.76. The average molecular weight is 271 g/mol. The summed E-state index contributed by atoms with van der Waals surface area (Å²) in [7, 11) is 0. The molecular formula is C16H17NO3. The zero-order chi connectivity index (χ0) is 13.9.